The number of carbonyl (C=O) groups is 1. The van der Waals surface area contributed by atoms with Crippen molar-refractivity contribution in [2.24, 2.45) is 5.92 Å². The highest BCUT2D eigenvalue weighted by atomic mass is 16.1. The van der Waals surface area contributed by atoms with E-state index >= 15 is 0 Å². The van der Waals surface area contributed by atoms with Gasteiger partial charge in [-0.15, -0.1) is 0 Å². The molecule has 2 N–H and O–H groups in total. The number of amides is 1. The number of nitrogens with one attached hydrogen (secondary N) is 2. The van der Waals surface area contributed by atoms with Crippen molar-refractivity contribution in [2.45, 2.75) is 40.2 Å². The van der Waals surface area contributed by atoms with Gasteiger partial charge in [0.15, 0.2) is 5.82 Å². The standard InChI is InChI=1S/C10H18N4O/c1-7(2)4-5-10(15)11-6-9-12-8(3)13-14-9/h7H,4-6H2,1-3H3,(H,11,15)(H,12,13,14). The fraction of sp³-hybridized carbons (Fsp3) is 0.700. The molecule has 0 unspecified atom stereocenters. The zero-order chi connectivity index (χ0) is 11.3. The van der Waals surface area contributed by atoms with Gasteiger partial charge in [-0.3, -0.25) is 9.89 Å². The molecular weight excluding hydrogens is 192 g/mol. The highest BCUT2D eigenvalue weighted by Gasteiger charge is 2.05. The van der Waals surface area contributed by atoms with Crippen molar-refractivity contribution in [1.29, 1.82) is 0 Å². The molecule has 0 aromatic carbocycles. The van der Waals surface area contributed by atoms with Crippen molar-refractivity contribution >= 4 is 5.91 Å². The second-order valence-electron chi connectivity index (χ2n) is 4.05. The maximum Gasteiger partial charge on any atom is 0.220 e. The monoisotopic (exact) mass is 210 g/mol. The van der Waals surface area contributed by atoms with Crippen molar-refractivity contribution in [3.63, 3.8) is 0 Å². The Labute approximate surface area is 89.7 Å². The van der Waals surface area contributed by atoms with Crippen LogP contribution in [-0.4, -0.2) is 21.1 Å². The summed E-state index contributed by atoms with van der Waals surface area (Å²) in [5.41, 5.74) is 0. The average molecular weight is 210 g/mol. The Hall–Kier alpha value is -1.39. The molecule has 5 heteroatoms. The van der Waals surface area contributed by atoms with Crippen LogP contribution in [0.3, 0.4) is 0 Å². The minimum Gasteiger partial charge on any atom is -0.349 e. The smallest absolute Gasteiger partial charge is 0.220 e. The van der Waals surface area contributed by atoms with E-state index in [4.69, 9.17) is 0 Å². The average Bonchev–Trinajstić information content (AvgIpc) is 2.58. The van der Waals surface area contributed by atoms with Gasteiger partial charge in [-0.2, -0.15) is 5.10 Å². The molecule has 5 nitrogen and oxygen atoms in total. The highest BCUT2D eigenvalue weighted by Crippen LogP contribution is 2.02. The first-order valence-corrected chi connectivity index (χ1v) is 5.22. The van der Waals surface area contributed by atoms with E-state index in [9.17, 15) is 4.79 Å². The molecule has 1 aromatic rings. The first-order chi connectivity index (χ1) is 7.08. The molecule has 84 valence electrons. The third kappa shape index (κ3) is 4.58. The van der Waals surface area contributed by atoms with E-state index < -0.39 is 0 Å². The van der Waals surface area contributed by atoms with Gasteiger partial charge in [0.25, 0.3) is 0 Å². The van der Waals surface area contributed by atoms with E-state index in [1.807, 2.05) is 6.92 Å². The minimum atomic E-state index is 0.0613. The quantitative estimate of drug-likeness (QED) is 0.766. The zero-order valence-electron chi connectivity index (χ0n) is 9.50. The summed E-state index contributed by atoms with van der Waals surface area (Å²) in [5, 5.41) is 9.45. The summed E-state index contributed by atoms with van der Waals surface area (Å²) in [6.07, 6.45) is 1.49. The minimum absolute atomic E-state index is 0.0613. The number of H-pyrrole nitrogens is 1. The lowest BCUT2D eigenvalue weighted by Gasteiger charge is -2.04. The number of carbonyl (C=O) groups excluding carboxylic acids is 1. The number of rotatable bonds is 5. The molecule has 0 saturated carbocycles. The molecule has 0 spiro atoms. The zero-order valence-corrected chi connectivity index (χ0v) is 9.50. The Morgan fingerprint density at radius 2 is 2.27 bits per heavy atom. The molecule has 0 atom stereocenters. The Morgan fingerprint density at radius 1 is 1.53 bits per heavy atom. The molecule has 0 radical (unpaired) electrons. The first-order valence-electron chi connectivity index (χ1n) is 5.22. The summed E-state index contributed by atoms with van der Waals surface area (Å²) in [4.78, 5) is 15.4. The van der Waals surface area contributed by atoms with Gasteiger partial charge in [0, 0.05) is 6.42 Å². The van der Waals surface area contributed by atoms with E-state index in [-0.39, 0.29) is 5.91 Å². The van der Waals surface area contributed by atoms with Gasteiger partial charge in [-0.1, -0.05) is 13.8 Å². The lowest BCUT2D eigenvalue weighted by atomic mass is 10.1. The van der Waals surface area contributed by atoms with Crippen molar-refractivity contribution in [2.75, 3.05) is 0 Å². The number of hydrogen-bond acceptors (Lipinski definition) is 3. The third-order valence-electron chi connectivity index (χ3n) is 2.04. The molecule has 0 fully saturated rings. The van der Waals surface area contributed by atoms with Gasteiger partial charge in [-0.25, -0.2) is 4.98 Å². The van der Waals surface area contributed by atoms with Crippen LogP contribution in [0.15, 0.2) is 0 Å². The van der Waals surface area contributed by atoms with E-state index in [2.05, 4.69) is 34.3 Å². The molecule has 1 amide bonds. The normalized spacial score (nSPS) is 10.7. The SMILES string of the molecule is Cc1nc(CNC(=O)CCC(C)C)n[nH]1. The maximum atomic E-state index is 11.4. The van der Waals surface area contributed by atoms with Gasteiger partial charge in [0.05, 0.1) is 6.54 Å². The summed E-state index contributed by atoms with van der Waals surface area (Å²) in [6.45, 7) is 6.44. The van der Waals surface area contributed by atoms with Crippen molar-refractivity contribution in [1.82, 2.24) is 20.5 Å². The fourth-order valence-corrected chi connectivity index (χ4v) is 1.15. The first kappa shape index (κ1) is 11.7. The van der Waals surface area contributed by atoms with Crippen LogP contribution in [0.5, 0.6) is 0 Å². The summed E-state index contributed by atoms with van der Waals surface area (Å²) in [7, 11) is 0. The predicted octanol–water partition coefficient (Wildman–Crippen LogP) is 1.17. The van der Waals surface area contributed by atoms with E-state index in [0.717, 1.165) is 12.2 Å². The van der Waals surface area contributed by atoms with Crippen LogP contribution in [0.2, 0.25) is 0 Å². The lowest BCUT2D eigenvalue weighted by molar-refractivity contribution is -0.121. The number of aryl methyl sites for hydroxylation is 1. The van der Waals surface area contributed by atoms with Gasteiger partial charge >= 0.3 is 0 Å². The Bertz CT molecular complexity index is 319. The Kier molecular flexibility index (Phi) is 4.27. The van der Waals surface area contributed by atoms with Crippen LogP contribution in [-0.2, 0) is 11.3 Å². The van der Waals surface area contributed by atoms with Crippen LogP contribution in [0.4, 0.5) is 0 Å². The summed E-state index contributed by atoms with van der Waals surface area (Å²) >= 11 is 0. The largest absolute Gasteiger partial charge is 0.349 e. The Morgan fingerprint density at radius 3 is 2.80 bits per heavy atom. The summed E-state index contributed by atoms with van der Waals surface area (Å²) < 4.78 is 0. The van der Waals surface area contributed by atoms with E-state index in [1.54, 1.807) is 0 Å². The predicted molar refractivity (Wildman–Crippen MR) is 57.0 cm³/mol. The number of hydrogen-bond donors (Lipinski definition) is 2. The molecule has 0 aliphatic heterocycles. The van der Waals surface area contributed by atoms with Crippen molar-refractivity contribution in [3.8, 4) is 0 Å². The molecule has 1 aromatic heterocycles. The van der Waals surface area contributed by atoms with Crippen LogP contribution in [0, 0.1) is 12.8 Å². The molecule has 0 saturated heterocycles. The second-order valence-corrected chi connectivity index (χ2v) is 4.05. The van der Waals surface area contributed by atoms with Crippen LogP contribution in [0.25, 0.3) is 0 Å². The van der Waals surface area contributed by atoms with E-state index in [1.165, 1.54) is 0 Å². The van der Waals surface area contributed by atoms with Gasteiger partial charge in [0.1, 0.15) is 5.82 Å². The highest BCUT2D eigenvalue weighted by molar-refractivity contribution is 5.75. The molecule has 0 aliphatic carbocycles. The van der Waals surface area contributed by atoms with Crippen LogP contribution >= 0.6 is 0 Å². The lowest BCUT2D eigenvalue weighted by Crippen LogP contribution is -2.23. The second kappa shape index (κ2) is 5.48. The van der Waals surface area contributed by atoms with Crippen LogP contribution < -0.4 is 5.32 Å². The summed E-state index contributed by atoms with van der Waals surface area (Å²) in [6, 6.07) is 0. The Balaban J connectivity index is 2.22. The molecule has 1 heterocycles. The van der Waals surface area contributed by atoms with Gasteiger partial charge in [0.2, 0.25) is 5.91 Å². The third-order valence-corrected chi connectivity index (χ3v) is 2.04. The van der Waals surface area contributed by atoms with Crippen LogP contribution in [0.1, 0.15) is 38.3 Å². The van der Waals surface area contributed by atoms with E-state index in [0.29, 0.717) is 24.7 Å². The molecule has 1 rings (SSSR count). The number of aromatic nitrogens is 3. The molecule has 0 aliphatic rings. The van der Waals surface area contributed by atoms with Crippen molar-refractivity contribution in [3.05, 3.63) is 11.6 Å². The molecule has 0 bridgehead atoms. The van der Waals surface area contributed by atoms with Gasteiger partial charge < -0.3 is 5.32 Å². The number of nitrogens with zero attached hydrogens (tertiary/aromatic N) is 2. The molecular formula is C10H18N4O. The van der Waals surface area contributed by atoms with Gasteiger partial charge in [-0.05, 0) is 19.3 Å². The maximum absolute atomic E-state index is 11.4. The fourth-order valence-electron chi connectivity index (χ4n) is 1.15. The molecule has 15 heavy (non-hydrogen) atoms. The summed E-state index contributed by atoms with van der Waals surface area (Å²) in [5.74, 6) is 2.01. The topological polar surface area (TPSA) is 70.7 Å². The number of aromatic amines is 1. The van der Waals surface area contributed by atoms with Crippen molar-refractivity contribution < 1.29 is 4.79 Å².